The van der Waals surface area contributed by atoms with Gasteiger partial charge in [0.2, 0.25) is 5.13 Å². The minimum atomic E-state index is -0.204. The molecule has 1 heterocycles. The van der Waals surface area contributed by atoms with Gasteiger partial charge in [0.25, 0.3) is 0 Å². The van der Waals surface area contributed by atoms with Gasteiger partial charge in [0, 0.05) is 12.0 Å². The molecule has 17 heavy (non-hydrogen) atoms. The Morgan fingerprint density at radius 2 is 2.06 bits per heavy atom. The molecule has 1 aliphatic carbocycles. The average molecular weight is 254 g/mol. The van der Waals surface area contributed by atoms with Crippen LogP contribution >= 0.6 is 11.3 Å². The topological polar surface area (TPSA) is 66.9 Å². The average Bonchev–Trinajstić information content (AvgIpc) is 3.00. The first-order valence-corrected chi connectivity index (χ1v) is 6.79. The number of hydrogen-bond acceptors (Lipinski definition) is 4. The van der Waals surface area contributed by atoms with Crippen LogP contribution in [0.3, 0.4) is 0 Å². The van der Waals surface area contributed by atoms with Crippen molar-refractivity contribution in [2.75, 3.05) is 5.32 Å². The number of aromatic nitrogens is 2. The van der Waals surface area contributed by atoms with Gasteiger partial charge in [0.1, 0.15) is 5.01 Å². The number of amides is 2. The van der Waals surface area contributed by atoms with E-state index in [2.05, 4.69) is 34.7 Å². The maximum absolute atomic E-state index is 11.6. The highest BCUT2D eigenvalue weighted by molar-refractivity contribution is 7.15. The predicted octanol–water partition coefficient (Wildman–Crippen LogP) is 2.58. The van der Waals surface area contributed by atoms with Gasteiger partial charge in [-0.25, -0.2) is 4.79 Å². The van der Waals surface area contributed by atoms with Crippen molar-refractivity contribution in [1.29, 1.82) is 0 Å². The monoisotopic (exact) mass is 254 g/mol. The van der Waals surface area contributed by atoms with Crippen molar-refractivity contribution >= 4 is 22.5 Å². The molecule has 1 fully saturated rings. The maximum atomic E-state index is 11.6. The highest BCUT2D eigenvalue weighted by atomic mass is 32.1. The Morgan fingerprint density at radius 1 is 1.35 bits per heavy atom. The van der Waals surface area contributed by atoms with Gasteiger partial charge < -0.3 is 5.32 Å². The molecule has 0 aliphatic heterocycles. The summed E-state index contributed by atoms with van der Waals surface area (Å²) in [7, 11) is 0. The van der Waals surface area contributed by atoms with E-state index < -0.39 is 0 Å². The smallest absolute Gasteiger partial charge is 0.321 e. The largest absolute Gasteiger partial charge is 0.335 e. The lowest BCUT2D eigenvalue weighted by Gasteiger charge is -2.16. The van der Waals surface area contributed by atoms with Gasteiger partial charge in [0.15, 0.2) is 0 Å². The molecule has 94 valence electrons. The molecule has 0 unspecified atom stereocenters. The normalized spacial score (nSPS) is 16.9. The Kier molecular flexibility index (Phi) is 3.61. The molecule has 1 aliphatic rings. The molecule has 0 bridgehead atoms. The van der Waals surface area contributed by atoms with Crippen molar-refractivity contribution in [3.63, 3.8) is 0 Å². The molecule has 0 radical (unpaired) electrons. The number of carbonyl (C=O) groups excluding carboxylic acids is 1. The SMILES string of the molecule is CC(C)[C@H](C)NC(=O)Nc1nnc(C2CC2)s1. The van der Waals surface area contributed by atoms with Gasteiger partial charge in [-0.3, -0.25) is 5.32 Å². The Morgan fingerprint density at radius 3 is 2.65 bits per heavy atom. The molecule has 0 spiro atoms. The minimum Gasteiger partial charge on any atom is -0.335 e. The summed E-state index contributed by atoms with van der Waals surface area (Å²) in [6, 6.07) is -0.0597. The van der Waals surface area contributed by atoms with E-state index in [0.717, 1.165) is 5.01 Å². The Bertz CT molecular complexity index is 400. The number of anilines is 1. The Hall–Kier alpha value is -1.17. The predicted molar refractivity (Wildman–Crippen MR) is 68.3 cm³/mol. The molecule has 5 nitrogen and oxygen atoms in total. The van der Waals surface area contributed by atoms with E-state index in [9.17, 15) is 4.79 Å². The van der Waals surface area contributed by atoms with E-state index in [-0.39, 0.29) is 12.1 Å². The van der Waals surface area contributed by atoms with Gasteiger partial charge >= 0.3 is 6.03 Å². The van der Waals surface area contributed by atoms with Crippen LogP contribution in [-0.4, -0.2) is 22.3 Å². The highest BCUT2D eigenvalue weighted by Crippen LogP contribution is 2.41. The summed E-state index contributed by atoms with van der Waals surface area (Å²) in [5, 5.41) is 15.3. The molecule has 0 saturated heterocycles. The third-order valence-electron chi connectivity index (χ3n) is 2.95. The first kappa shape index (κ1) is 12.3. The Labute approximate surface area is 105 Å². The number of hydrogen-bond donors (Lipinski definition) is 2. The quantitative estimate of drug-likeness (QED) is 0.867. The van der Waals surface area contributed by atoms with E-state index >= 15 is 0 Å². The van der Waals surface area contributed by atoms with Gasteiger partial charge in [0.05, 0.1) is 0 Å². The van der Waals surface area contributed by atoms with Crippen LogP contribution in [0.1, 0.15) is 44.5 Å². The second-order valence-corrected chi connectivity index (χ2v) is 5.86. The maximum Gasteiger partial charge on any atom is 0.321 e. The Balaban J connectivity index is 1.84. The third kappa shape index (κ3) is 3.39. The summed E-state index contributed by atoms with van der Waals surface area (Å²) >= 11 is 1.47. The van der Waals surface area contributed by atoms with E-state index in [1.165, 1.54) is 24.2 Å². The lowest BCUT2D eigenvalue weighted by Crippen LogP contribution is -2.38. The lowest BCUT2D eigenvalue weighted by atomic mass is 10.1. The molecule has 1 atom stereocenters. The van der Waals surface area contributed by atoms with E-state index in [1.807, 2.05) is 6.92 Å². The lowest BCUT2D eigenvalue weighted by molar-refractivity contribution is 0.246. The van der Waals surface area contributed by atoms with Crippen molar-refractivity contribution < 1.29 is 4.79 Å². The summed E-state index contributed by atoms with van der Waals surface area (Å²) in [5.41, 5.74) is 0. The molecular weight excluding hydrogens is 236 g/mol. The summed E-state index contributed by atoms with van der Waals surface area (Å²) in [5.74, 6) is 0.998. The third-order valence-corrected chi connectivity index (χ3v) is 3.95. The molecule has 1 aromatic heterocycles. The van der Waals surface area contributed by atoms with Crippen LogP contribution in [0.5, 0.6) is 0 Å². The molecule has 6 heteroatoms. The number of urea groups is 1. The van der Waals surface area contributed by atoms with Crippen molar-refractivity contribution in [3.05, 3.63) is 5.01 Å². The van der Waals surface area contributed by atoms with Crippen molar-refractivity contribution in [3.8, 4) is 0 Å². The van der Waals surface area contributed by atoms with E-state index in [0.29, 0.717) is 17.0 Å². The van der Waals surface area contributed by atoms with Crippen molar-refractivity contribution in [1.82, 2.24) is 15.5 Å². The zero-order valence-corrected chi connectivity index (χ0v) is 11.2. The molecule has 1 saturated carbocycles. The van der Waals surface area contributed by atoms with Crippen LogP contribution in [0.15, 0.2) is 0 Å². The standard InChI is InChI=1S/C11H18N4OS/c1-6(2)7(3)12-10(16)13-11-15-14-9(17-11)8-4-5-8/h6-8H,4-5H2,1-3H3,(H2,12,13,15,16)/t7-/m0/s1. The first-order valence-electron chi connectivity index (χ1n) is 5.97. The minimum absolute atomic E-state index is 0.144. The second kappa shape index (κ2) is 5.00. The first-order chi connectivity index (χ1) is 8.06. The molecule has 0 aromatic carbocycles. The van der Waals surface area contributed by atoms with Gasteiger partial charge in [-0.2, -0.15) is 0 Å². The van der Waals surface area contributed by atoms with E-state index in [4.69, 9.17) is 0 Å². The van der Waals surface area contributed by atoms with Gasteiger partial charge in [-0.1, -0.05) is 25.2 Å². The zero-order valence-electron chi connectivity index (χ0n) is 10.4. The van der Waals surface area contributed by atoms with Gasteiger partial charge in [-0.05, 0) is 25.7 Å². The van der Waals surface area contributed by atoms with Crippen LogP contribution in [0.4, 0.5) is 9.93 Å². The van der Waals surface area contributed by atoms with Crippen molar-refractivity contribution in [2.24, 2.45) is 5.92 Å². The summed E-state index contributed by atoms with van der Waals surface area (Å²) < 4.78 is 0. The number of rotatable bonds is 4. The fourth-order valence-electron chi connectivity index (χ4n) is 1.29. The molecule has 2 rings (SSSR count). The summed E-state index contributed by atoms with van der Waals surface area (Å²) in [6.07, 6.45) is 2.40. The van der Waals surface area contributed by atoms with Crippen LogP contribution in [0.25, 0.3) is 0 Å². The zero-order chi connectivity index (χ0) is 12.4. The van der Waals surface area contributed by atoms with Gasteiger partial charge in [-0.15, -0.1) is 10.2 Å². The molecular formula is C11H18N4OS. The van der Waals surface area contributed by atoms with Crippen LogP contribution in [0, 0.1) is 5.92 Å². The molecule has 2 amide bonds. The number of carbonyl (C=O) groups is 1. The fourth-order valence-corrected chi connectivity index (χ4v) is 2.19. The van der Waals surface area contributed by atoms with Crippen LogP contribution < -0.4 is 10.6 Å². The summed E-state index contributed by atoms with van der Waals surface area (Å²) in [4.78, 5) is 11.6. The van der Waals surface area contributed by atoms with Crippen LogP contribution in [-0.2, 0) is 0 Å². The molecule has 2 N–H and O–H groups in total. The molecule has 1 aromatic rings. The van der Waals surface area contributed by atoms with Crippen molar-refractivity contribution in [2.45, 2.75) is 45.6 Å². The highest BCUT2D eigenvalue weighted by Gasteiger charge is 2.27. The fraction of sp³-hybridized carbons (Fsp3) is 0.727. The number of nitrogens with zero attached hydrogens (tertiary/aromatic N) is 2. The number of nitrogens with one attached hydrogen (secondary N) is 2. The second-order valence-electron chi connectivity index (χ2n) is 4.85. The summed E-state index contributed by atoms with van der Waals surface area (Å²) in [6.45, 7) is 6.13. The van der Waals surface area contributed by atoms with E-state index in [1.54, 1.807) is 0 Å². The van der Waals surface area contributed by atoms with Crippen LogP contribution in [0.2, 0.25) is 0 Å².